The van der Waals surface area contributed by atoms with Crippen LogP contribution in [-0.4, -0.2) is 18.9 Å². The molecule has 0 saturated carbocycles. The van der Waals surface area contributed by atoms with Gasteiger partial charge in [0.15, 0.2) is 11.5 Å². The molecular formula is C14H14ClNO4. The fraction of sp³-hybridized carbons (Fsp3) is 0.214. The highest BCUT2D eigenvalue weighted by atomic mass is 35.5. The summed E-state index contributed by atoms with van der Waals surface area (Å²) in [5.41, 5.74) is 0.205. The van der Waals surface area contributed by atoms with Gasteiger partial charge in [0.25, 0.3) is 0 Å². The largest absolute Gasteiger partial charge is 0.491 e. The fourth-order valence-electron chi connectivity index (χ4n) is 1.79. The van der Waals surface area contributed by atoms with Gasteiger partial charge in [-0.3, -0.25) is 0 Å². The second-order valence-corrected chi connectivity index (χ2v) is 4.40. The summed E-state index contributed by atoms with van der Waals surface area (Å²) in [6.07, 6.45) is 1.62. The molecule has 0 atom stereocenters. The zero-order valence-electron chi connectivity index (χ0n) is 11.2. The molecule has 2 aromatic rings. The average Bonchev–Trinajstić information content (AvgIpc) is 2.71. The van der Waals surface area contributed by atoms with Crippen molar-refractivity contribution in [1.82, 2.24) is 5.16 Å². The molecule has 1 aromatic carbocycles. The van der Waals surface area contributed by atoms with E-state index in [2.05, 4.69) is 16.3 Å². The van der Waals surface area contributed by atoms with Gasteiger partial charge in [-0.1, -0.05) is 18.2 Å². The maximum atomic E-state index is 11.5. The fourth-order valence-corrected chi connectivity index (χ4v) is 2.08. The van der Waals surface area contributed by atoms with Gasteiger partial charge in [0.2, 0.25) is 0 Å². The number of methoxy groups -OCH3 is 1. The van der Waals surface area contributed by atoms with Gasteiger partial charge in [0.05, 0.1) is 29.3 Å². The predicted octanol–water partition coefficient (Wildman–Crippen LogP) is 1.27. The lowest BCUT2D eigenvalue weighted by molar-refractivity contribution is 0.311. The maximum absolute atomic E-state index is 11.5. The van der Waals surface area contributed by atoms with E-state index >= 15 is 0 Å². The molecule has 106 valence electrons. The van der Waals surface area contributed by atoms with E-state index in [1.165, 1.54) is 7.11 Å². The van der Waals surface area contributed by atoms with Crippen molar-refractivity contribution in [3.8, 4) is 11.5 Å². The van der Waals surface area contributed by atoms with Gasteiger partial charge in [0.1, 0.15) is 0 Å². The molecule has 0 spiro atoms. The molecule has 0 fully saturated rings. The van der Waals surface area contributed by atoms with Crippen LogP contribution in [0.4, 0.5) is 0 Å². The van der Waals surface area contributed by atoms with Gasteiger partial charge in [-0.05, 0) is 30.7 Å². The molecule has 20 heavy (non-hydrogen) atoms. The summed E-state index contributed by atoms with van der Waals surface area (Å²) in [6.45, 7) is 6.02. The summed E-state index contributed by atoms with van der Waals surface area (Å²) in [5.74, 6) is 0.973. The summed E-state index contributed by atoms with van der Waals surface area (Å²) >= 11 is 6.14. The summed E-state index contributed by atoms with van der Waals surface area (Å²) in [6, 6.07) is 3.41. The minimum atomic E-state index is -0.486. The number of rotatable bonds is 4. The number of halogens is 1. The van der Waals surface area contributed by atoms with Gasteiger partial charge in [0, 0.05) is 0 Å². The average molecular weight is 296 g/mol. The van der Waals surface area contributed by atoms with E-state index in [9.17, 15) is 4.79 Å². The van der Waals surface area contributed by atoms with Crippen molar-refractivity contribution in [3.63, 3.8) is 0 Å². The molecule has 0 aliphatic heterocycles. The van der Waals surface area contributed by atoms with Gasteiger partial charge in [-0.25, -0.2) is 9.95 Å². The molecule has 0 saturated heterocycles. The van der Waals surface area contributed by atoms with Crippen LogP contribution in [-0.2, 0) is 0 Å². The Bertz CT molecular complexity index is 745. The van der Waals surface area contributed by atoms with Gasteiger partial charge in [-0.15, -0.1) is 0 Å². The molecule has 0 radical (unpaired) electrons. The highest BCUT2D eigenvalue weighted by Crippen LogP contribution is 2.36. The lowest BCUT2D eigenvalue weighted by Gasteiger charge is -2.11. The van der Waals surface area contributed by atoms with Gasteiger partial charge in [-0.2, -0.15) is 0 Å². The van der Waals surface area contributed by atoms with E-state index < -0.39 is 5.63 Å². The van der Waals surface area contributed by atoms with E-state index in [0.717, 1.165) is 0 Å². The van der Waals surface area contributed by atoms with E-state index in [-0.39, 0.29) is 0 Å². The first-order valence-corrected chi connectivity index (χ1v) is 6.33. The van der Waals surface area contributed by atoms with Crippen LogP contribution < -0.4 is 25.7 Å². The quantitative estimate of drug-likeness (QED) is 0.922. The molecular weight excluding hydrogens is 282 g/mol. The second-order valence-electron chi connectivity index (χ2n) is 4.00. The molecule has 2 rings (SSSR count). The zero-order valence-corrected chi connectivity index (χ0v) is 11.9. The minimum Gasteiger partial charge on any atom is -0.491 e. The molecule has 5 nitrogen and oxygen atoms in total. The molecule has 1 heterocycles. The van der Waals surface area contributed by atoms with Crippen molar-refractivity contribution in [1.29, 1.82) is 0 Å². The standard InChI is InChI=1S/C14H14ClNO4/c1-4-19-12-7-9(6-11(15)13(12)18-3)5-10-8(2)16-20-14(10)17/h5-7,16H,2,4H2,1,3H3/b10-5+. The van der Waals surface area contributed by atoms with Crippen LogP contribution in [0, 0.1) is 0 Å². The summed E-state index contributed by atoms with van der Waals surface area (Å²) in [4.78, 5) is 11.5. The summed E-state index contributed by atoms with van der Waals surface area (Å²) in [7, 11) is 1.52. The minimum absolute atomic E-state index is 0.341. The van der Waals surface area contributed by atoms with Gasteiger partial charge >= 0.3 is 5.63 Å². The monoisotopic (exact) mass is 295 g/mol. The smallest absolute Gasteiger partial charge is 0.365 e. The summed E-state index contributed by atoms with van der Waals surface area (Å²) in [5, 5.41) is 3.56. The molecule has 6 heteroatoms. The van der Waals surface area contributed by atoms with E-state index in [1.54, 1.807) is 18.2 Å². The molecule has 0 aliphatic carbocycles. The Balaban J connectivity index is 2.62. The number of H-pyrrole nitrogens is 1. The molecule has 0 amide bonds. The Morgan fingerprint density at radius 3 is 2.80 bits per heavy atom. The van der Waals surface area contributed by atoms with Crippen molar-refractivity contribution in [2.45, 2.75) is 6.92 Å². The topological polar surface area (TPSA) is 64.5 Å². The third kappa shape index (κ3) is 2.72. The Morgan fingerprint density at radius 1 is 1.50 bits per heavy atom. The highest BCUT2D eigenvalue weighted by Gasteiger charge is 2.10. The van der Waals surface area contributed by atoms with Crippen LogP contribution in [0.15, 0.2) is 21.5 Å². The lowest BCUT2D eigenvalue weighted by atomic mass is 10.1. The number of aromatic nitrogens is 1. The van der Waals surface area contributed by atoms with Crippen LogP contribution in [0.2, 0.25) is 5.02 Å². The molecule has 0 unspecified atom stereocenters. The number of hydrogen-bond acceptors (Lipinski definition) is 4. The van der Waals surface area contributed by atoms with Crippen LogP contribution in [0.25, 0.3) is 12.7 Å². The first-order valence-electron chi connectivity index (χ1n) is 5.95. The maximum Gasteiger partial charge on any atom is 0.365 e. The zero-order chi connectivity index (χ0) is 14.7. The number of ether oxygens (including phenoxy) is 2. The van der Waals surface area contributed by atoms with Crippen molar-refractivity contribution >= 4 is 24.3 Å². The number of hydrogen-bond donors (Lipinski definition) is 1. The predicted molar refractivity (Wildman–Crippen MR) is 76.8 cm³/mol. The highest BCUT2D eigenvalue weighted by molar-refractivity contribution is 6.32. The Hall–Kier alpha value is -2.14. The molecule has 1 N–H and O–H groups in total. The van der Waals surface area contributed by atoms with Crippen molar-refractivity contribution < 1.29 is 14.0 Å². The first-order chi connectivity index (χ1) is 9.56. The molecule has 0 bridgehead atoms. The number of nitrogens with one attached hydrogen (secondary N) is 1. The van der Waals surface area contributed by atoms with Crippen molar-refractivity contribution in [3.05, 3.63) is 43.7 Å². The first kappa shape index (κ1) is 14.3. The third-order valence-electron chi connectivity index (χ3n) is 2.66. The van der Waals surface area contributed by atoms with E-state index in [4.69, 9.17) is 21.1 Å². The Morgan fingerprint density at radius 2 is 2.25 bits per heavy atom. The Kier molecular flexibility index (Phi) is 4.20. The van der Waals surface area contributed by atoms with Crippen molar-refractivity contribution in [2.75, 3.05) is 13.7 Å². The van der Waals surface area contributed by atoms with Crippen molar-refractivity contribution in [2.24, 2.45) is 0 Å². The summed E-state index contributed by atoms with van der Waals surface area (Å²) < 4.78 is 15.3. The Labute approximate surface area is 120 Å². The number of aromatic amines is 1. The van der Waals surface area contributed by atoms with Crippen LogP contribution in [0.5, 0.6) is 11.5 Å². The SMILES string of the molecule is C=c1[nH]oc(=O)/c1=C/c1cc(Cl)c(OC)c(OCC)c1. The normalized spacial score (nSPS) is 11.7. The lowest BCUT2D eigenvalue weighted by Crippen LogP contribution is -2.31. The second kappa shape index (κ2) is 5.88. The van der Waals surface area contributed by atoms with Crippen LogP contribution in [0.1, 0.15) is 12.5 Å². The van der Waals surface area contributed by atoms with E-state index in [1.807, 2.05) is 6.92 Å². The van der Waals surface area contributed by atoms with E-state index in [0.29, 0.717) is 39.3 Å². The van der Waals surface area contributed by atoms with Gasteiger partial charge < -0.3 is 14.0 Å². The molecule has 0 aliphatic rings. The van der Waals surface area contributed by atoms with Crippen LogP contribution >= 0.6 is 11.6 Å². The third-order valence-corrected chi connectivity index (χ3v) is 2.94. The molecule has 1 aromatic heterocycles. The van der Waals surface area contributed by atoms with Crippen LogP contribution in [0.3, 0.4) is 0 Å². The number of benzene rings is 1.